The monoisotopic (exact) mass is 244 g/mol. The van der Waals surface area contributed by atoms with Crippen LogP contribution in [0.25, 0.3) is 6.08 Å². The first kappa shape index (κ1) is 11.9. The molecule has 0 radical (unpaired) electrons. The summed E-state index contributed by atoms with van der Waals surface area (Å²) in [6.45, 7) is 0. The Morgan fingerprint density at radius 3 is 2.35 bits per heavy atom. The molecule has 0 aliphatic carbocycles. The minimum Gasteiger partial charge on any atom is -0.207 e. The number of halogens is 1. The molecular formula is C15H13FS. The fraction of sp³-hybridized carbons (Fsp3) is 0.0667. The Balaban J connectivity index is 1.84. The van der Waals surface area contributed by atoms with E-state index in [1.807, 2.05) is 30.3 Å². The SMILES string of the molecule is Fc1ccc(CS/C=C\c2ccccc2)cc1. The van der Waals surface area contributed by atoms with Gasteiger partial charge in [0.1, 0.15) is 5.82 Å². The minimum atomic E-state index is -0.182. The van der Waals surface area contributed by atoms with Crippen LogP contribution < -0.4 is 0 Å². The van der Waals surface area contributed by atoms with E-state index in [2.05, 4.69) is 23.6 Å². The van der Waals surface area contributed by atoms with Crippen molar-refractivity contribution in [2.24, 2.45) is 0 Å². The Bertz CT molecular complexity index is 474. The molecule has 0 aliphatic heterocycles. The van der Waals surface area contributed by atoms with Gasteiger partial charge in [-0.2, -0.15) is 0 Å². The maximum Gasteiger partial charge on any atom is 0.123 e. The van der Waals surface area contributed by atoms with E-state index in [1.54, 1.807) is 11.8 Å². The van der Waals surface area contributed by atoms with Crippen LogP contribution in [0.2, 0.25) is 0 Å². The van der Waals surface area contributed by atoms with E-state index in [0.29, 0.717) is 0 Å². The van der Waals surface area contributed by atoms with Gasteiger partial charge in [-0.3, -0.25) is 0 Å². The molecule has 0 spiro atoms. The van der Waals surface area contributed by atoms with Crippen LogP contribution in [0.1, 0.15) is 11.1 Å². The number of hydrogen-bond acceptors (Lipinski definition) is 1. The third-order valence-corrected chi connectivity index (χ3v) is 3.15. The van der Waals surface area contributed by atoms with Crippen molar-refractivity contribution in [3.8, 4) is 0 Å². The minimum absolute atomic E-state index is 0.182. The zero-order valence-corrected chi connectivity index (χ0v) is 10.2. The lowest BCUT2D eigenvalue weighted by Gasteiger charge is -1.97. The summed E-state index contributed by atoms with van der Waals surface area (Å²) in [5, 5.41) is 2.07. The standard InChI is InChI=1S/C15H13FS/c16-15-8-6-14(7-9-15)12-17-11-10-13-4-2-1-3-5-13/h1-11H,12H2/b11-10-. The molecule has 0 unspecified atom stereocenters. The fourth-order valence-corrected chi connectivity index (χ4v) is 2.15. The average Bonchev–Trinajstić information content (AvgIpc) is 2.38. The highest BCUT2D eigenvalue weighted by molar-refractivity contribution is 8.01. The van der Waals surface area contributed by atoms with Gasteiger partial charge < -0.3 is 0 Å². The van der Waals surface area contributed by atoms with Crippen molar-refractivity contribution in [3.05, 3.63) is 76.9 Å². The molecule has 0 nitrogen and oxygen atoms in total. The van der Waals surface area contributed by atoms with Crippen LogP contribution in [0.5, 0.6) is 0 Å². The third kappa shape index (κ3) is 4.08. The highest BCUT2D eigenvalue weighted by Crippen LogP contribution is 2.15. The summed E-state index contributed by atoms with van der Waals surface area (Å²) in [7, 11) is 0. The molecule has 2 rings (SSSR count). The Labute approximate surface area is 105 Å². The summed E-state index contributed by atoms with van der Waals surface area (Å²) in [6.07, 6.45) is 2.08. The lowest BCUT2D eigenvalue weighted by molar-refractivity contribution is 0.627. The molecule has 0 aromatic heterocycles. The molecule has 0 saturated heterocycles. The van der Waals surface area contributed by atoms with Crippen molar-refractivity contribution >= 4 is 17.8 Å². The largest absolute Gasteiger partial charge is 0.207 e. The van der Waals surface area contributed by atoms with E-state index >= 15 is 0 Å². The number of hydrogen-bond donors (Lipinski definition) is 0. The summed E-state index contributed by atoms with van der Waals surface area (Å²) in [4.78, 5) is 0. The van der Waals surface area contributed by atoms with Crippen LogP contribution in [0, 0.1) is 5.82 Å². The number of rotatable bonds is 4. The molecule has 0 fully saturated rings. The molecule has 0 bridgehead atoms. The highest BCUT2D eigenvalue weighted by Gasteiger charge is 1.92. The Kier molecular flexibility index (Phi) is 4.39. The van der Waals surface area contributed by atoms with Crippen molar-refractivity contribution in [3.63, 3.8) is 0 Å². The topological polar surface area (TPSA) is 0 Å². The summed E-state index contributed by atoms with van der Waals surface area (Å²) < 4.78 is 12.7. The van der Waals surface area contributed by atoms with E-state index in [0.717, 1.165) is 11.3 Å². The number of benzene rings is 2. The Hall–Kier alpha value is -1.54. The maximum atomic E-state index is 12.7. The summed E-state index contributed by atoms with van der Waals surface area (Å²) in [5.41, 5.74) is 2.33. The van der Waals surface area contributed by atoms with Gasteiger partial charge in [0.05, 0.1) is 0 Å². The normalized spacial score (nSPS) is 10.9. The van der Waals surface area contributed by atoms with Crippen LogP contribution >= 0.6 is 11.8 Å². The molecule has 0 N–H and O–H groups in total. The first-order valence-electron chi connectivity index (χ1n) is 5.42. The first-order valence-corrected chi connectivity index (χ1v) is 6.47. The maximum absolute atomic E-state index is 12.7. The van der Waals surface area contributed by atoms with Crippen molar-refractivity contribution in [2.75, 3.05) is 0 Å². The summed E-state index contributed by atoms with van der Waals surface area (Å²) in [6, 6.07) is 16.8. The van der Waals surface area contributed by atoms with Crippen molar-refractivity contribution in [2.45, 2.75) is 5.75 Å². The first-order chi connectivity index (χ1) is 8.34. The zero-order chi connectivity index (χ0) is 11.9. The van der Waals surface area contributed by atoms with Crippen LogP contribution in [-0.4, -0.2) is 0 Å². The van der Waals surface area contributed by atoms with Crippen molar-refractivity contribution in [1.29, 1.82) is 0 Å². The smallest absolute Gasteiger partial charge is 0.123 e. The Morgan fingerprint density at radius 1 is 0.941 bits per heavy atom. The summed E-state index contributed by atoms with van der Waals surface area (Å²) in [5.74, 6) is 0.683. The lowest BCUT2D eigenvalue weighted by Crippen LogP contribution is -1.79. The Morgan fingerprint density at radius 2 is 1.65 bits per heavy atom. The fourth-order valence-electron chi connectivity index (χ4n) is 1.42. The van der Waals surface area contributed by atoms with E-state index in [1.165, 1.54) is 17.7 Å². The summed E-state index contributed by atoms with van der Waals surface area (Å²) >= 11 is 1.70. The van der Waals surface area contributed by atoms with Gasteiger partial charge in [-0.05, 0) is 34.7 Å². The van der Waals surface area contributed by atoms with E-state index in [-0.39, 0.29) is 5.82 Å². The van der Waals surface area contributed by atoms with Gasteiger partial charge in [-0.25, -0.2) is 4.39 Å². The van der Waals surface area contributed by atoms with Crippen molar-refractivity contribution in [1.82, 2.24) is 0 Å². The van der Waals surface area contributed by atoms with Gasteiger partial charge in [0.25, 0.3) is 0 Å². The van der Waals surface area contributed by atoms with Gasteiger partial charge in [0, 0.05) is 5.75 Å². The highest BCUT2D eigenvalue weighted by atomic mass is 32.2. The quantitative estimate of drug-likeness (QED) is 0.749. The third-order valence-electron chi connectivity index (χ3n) is 2.32. The lowest BCUT2D eigenvalue weighted by atomic mass is 10.2. The van der Waals surface area contributed by atoms with E-state index in [4.69, 9.17) is 0 Å². The van der Waals surface area contributed by atoms with E-state index < -0.39 is 0 Å². The molecular weight excluding hydrogens is 231 g/mol. The zero-order valence-electron chi connectivity index (χ0n) is 9.34. The van der Waals surface area contributed by atoms with Gasteiger partial charge >= 0.3 is 0 Å². The van der Waals surface area contributed by atoms with Crippen LogP contribution in [0.15, 0.2) is 60.0 Å². The van der Waals surface area contributed by atoms with Gasteiger partial charge in [-0.15, -0.1) is 11.8 Å². The second kappa shape index (κ2) is 6.26. The molecule has 0 saturated carbocycles. The van der Waals surface area contributed by atoms with Gasteiger partial charge in [0.2, 0.25) is 0 Å². The molecule has 86 valence electrons. The van der Waals surface area contributed by atoms with Gasteiger partial charge in [-0.1, -0.05) is 42.5 Å². The molecule has 0 amide bonds. The van der Waals surface area contributed by atoms with Crippen LogP contribution in [-0.2, 0) is 5.75 Å². The molecule has 17 heavy (non-hydrogen) atoms. The molecule has 2 aromatic rings. The second-order valence-electron chi connectivity index (χ2n) is 3.65. The molecule has 0 aliphatic rings. The predicted octanol–water partition coefficient (Wildman–Crippen LogP) is 4.73. The van der Waals surface area contributed by atoms with Crippen molar-refractivity contribution < 1.29 is 4.39 Å². The molecule has 2 heteroatoms. The second-order valence-corrected chi connectivity index (χ2v) is 4.55. The van der Waals surface area contributed by atoms with E-state index in [9.17, 15) is 4.39 Å². The molecule has 0 heterocycles. The average molecular weight is 244 g/mol. The molecule has 0 atom stereocenters. The van der Waals surface area contributed by atoms with Crippen LogP contribution in [0.4, 0.5) is 4.39 Å². The van der Waals surface area contributed by atoms with Gasteiger partial charge in [0.15, 0.2) is 0 Å². The molecule has 2 aromatic carbocycles. The van der Waals surface area contributed by atoms with Crippen LogP contribution in [0.3, 0.4) is 0 Å². The number of thioether (sulfide) groups is 1. The predicted molar refractivity (Wildman–Crippen MR) is 73.2 cm³/mol.